The van der Waals surface area contributed by atoms with Gasteiger partial charge in [-0.3, -0.25) is 0 Å². The highest BCUT2D eigenvalue weighted by Gasteiger charge is 1.60. The van der Waals surface area contributed by atoms with Crippen LogP contribution in [0.5, 0.6) is 0 Å². The number of hydrogen-bond donors (Lipinski definition) is 1. The molecule has 0 radical (unpaired) electrons. The lowest BCUT2D eigenvalue weighted by Crippen LogP contribution is -1.72. The molecule has 1 N–H and O–H groups in total. The van der Waals surface area contributed by atoms with Gasteiger partial charge in [0.2, 0.25) is 0 Å². The predicted octanol–water partition coefficient (Wildman–Crippen LogP) is 0.450. The van der Waals surface area contributed by atoms with Gasteiger partial charge in [0.1, 0.15) is 0 Å². The average Bonchev–Trinajstić information content (AvgIpc) is 1.65. The zero-order chi connectivity index (χ0) is 4.99. The third kappa shape index (κ3) is 1.52. The van der Waals surface area contributed by atoms with E-state index < -0.39 is 0 Å². The first-order valence-corrected chi connectivity index (χ1v) is 1.50. The monoisotopic (exact) mass is 85.0 g/mol. The van der Waals surface area contributed by atoms with Gasteiger partial charge in [0.15, 0.2) is 0 Å². The molecule has 0 aliphatic carbocycles. The van der Waals surface area contributed by atoms with Gasteiger partial charge in [0.25, 0.3) is 0 Å². The minimum absolute atomic E-state index is 0.218. The first kappa shape index (κ1) is 5.21. The van der Waals surface area contributed by atoms with Gasteiger partial charge < -0.3 is 9.90 Å². The number of carbonyl (C=O) groups excluding carboxylic acids is 1. The van der Waals surface area contributed by atoms with E-state index in [4.69, 9.17) is 5.11 Å². The van der Waals surface area contributed by atoms with Crippen molar-refractivity contribution in [1.29, 1.82) is 0 Å². The van der Waals surface area contributed by atoms with Gasteiger partial charge in [0, 0.05) is 0 Å². The van der Waals surface area contributed by atoms with Gasteiger partial charge in [-0.1, -0.05) is 13.2 Å². The number of aldehydes is 1. The van der Waals surface area contributed by atoms with E-state index in [0.717, 1.165) is 0 Å². The first-order valence-electron chi connectivity index (χ1n) is 1.50. The molecule has 0 aromatic heterocycles. The molecule has 0 amide bonds. The van der Waals surface area contributed by atoms with Gasteiger partial charge >= 0.3 is 0 Å². The van der Waals surface area contributed by atoms with Crippen LogP contribution in [0.25, 0.3) is 0 Å². The molecule has 0 saturated heterocycles. The molecular weight excluding hydrogens is 80.0 g/mol. The summed E-state index contributed by atoms with van der Waals surface area (Å²) in [6, 6.07) is 0. The SMILES string of the molecule is CC(=[C-]O)C=O. The Morgan fingerprint density at radius 1 is 2.00 bits per heavy atom. The summed E-state index contributed by atoms with van der Waals surface area (Å²) >= 11 is 0. The molecule has 0 unspecified atom stereocenters. The summed E-state index contributed by atoms with van der Waals surface area (Å²) < 4.78 is 0. The predicted molar refractivity (Wildman–Crippen MR) is 21.1 cm³/mol. The highest BCUT2D eigenvalue weighted by Crippen LogP contribution is 1.76. The molecule has 0 saturated carbocycles. The quantitative estimate of drug-likeness (QED) is 0.217. The molecule has 0 bridgehead atoms. The fourth-order valence-electron chi connectivity index (χ4n) is 0.0264. The van der Waals surface area contributed by atoms with Crippen molar-refractivity contribution in [1.82, 2.24) is 0 Å². The average molecular weight is 85.1 g/mol. The molecule has 34 valence electrons. The van der Waals surface area contributed by atoms with Crippen LogP contribution in [0.2, 0.25) is 0 Å². The molecule has 0 spiro atoms. The number of aliphatic hydroxyl groups is 1. The lowest BCUT2D eigenvalue weighted by molar-refractivity contribution is -0.105. The smallest absolute Gasteiger partial charge is 0.00662 e. The molecule has 0 rings (SSSR count). The van der Waals surface area contributed by atoms with Crippen molar-refractivity contribution < 1.29 is 9.90 Å². The van der Waals surface area contributed by atoms with E-state index in [-0.39, 0.29) is 5.57 Å². The Hall–Kier alpha value is -0.790. The van der Waals surface area contributed by atoms with Crippen LogP contribution in [-0.2, 0) is 4.79 Å². The second-order valence-electron chi connectivity index (χ2n) is 0.913. The maximum atomic E-state index is 9.48. The minimum atomic E-state index is 0.218. The number of hydrogen-bond acceptors (Lipinski definition) is 2. The second kappa shape index (κ2) is 2.45. The van der Waals surface area contributed by atoms with Crippen molar-refractivity contribution in [2.75, 3.05) is 0 Å². The van der Waals surface area contributed by atoms with E-state index in [1.807, 2.05) is 0 Å². The van der Waals surface area contributed by atoms with Crippen LogP contribution in [0, 0.1) is 6.26 Å². The Kier molecular flexibility index (Phi) is 2.13. The van der Waals surface area contributed by atoms with Crippen LogP contribution in [-0.4, -0.2) is 11.4 Å². The van der Waals surface area contributed by atoms with E-state index in [1.54, 1.807) is 6.26 Å². The summed E-state index contributed by atoms with van der Waals surface area (Å²) in [7, 11) is 0. The maximum absolute atomic E-state index is 9.48. The molecular formula is C4H5O2-. The molecule has 0 heterocycles. The lowest BCUT2D eigenvalue weighted by Gasteiger charge is -1.87. The summed E-state index contributed by atoms with van der Waals surface area (Å²) in [4.78, 5) is 9.48. The highest BCUT2D eigenvalue weighted by atomic mass is 16.2. The van der Waals surface area contributed by atoms with Crippen LogP contribution in [0.3, 0.4) is 0 Å². The standard InChI is InChI=1S/C4H5O2/c1-4(2-5)3-6/h2,6H,1H3/q-1. The fourth-order valence-corrected chi connectivity index (χ4v) is 0.0264. The van der Waals surface area contributed by atoms with E-state index >= 15 is 0 Å². The molecule has 2 heteroatoms. The molecule has 0 fully saturated rings. The van der Waals surface area contributed by atoms with Crippen molar-refractivity contribution in [3.63, 3.8) is 0 Å². The van der Waals surface area contributed by atoms with Crippen LogP contribution < -0.4 is 0 Å². The molecule has 0 atom stereocenters. The van der Waals surface area contributed by atoms with Crippen LogP contribution in [0.4, 0.5) is 0 Å². The van der Waals surface area contributed by atoms with Crippen LogP contribution in [0.15, 0.2) is 5.57 Å². The number of rotatable bonds is 1. The molecule has 6 heavy (non-hydrogen) atoms. The Balaban J connectivity index is 3.50. The molecule has 2 nitrogen and oxygen atoms in total. The number of allylic oxidation sites excluding steroid dienone is 1. The summed E-state index contributed by atoms with van der Waals surface area (Å²) in [5.41, 5.74) is 0.218. The van der Waals surface area contributed by atoms with Gasteiger partial charge in [0.05, 0.1) is 0 Å². The molecule has 0 aliphatic rings. The topological polar surface area (TPSA) is 37.3 Å². The summed E-state index contributed by atoms with van der Waals surface area (Å²) in [6.07, 6.45) is 2.19. The van der Waals surface area contributed by atoms with Crippen molar-refractivity contribution in [2.24, 2.45) is 0 Å². The second-order valence-corrected chi connectivity index (χ2v) is 0.913. The van der Waals surface area contributed by atoms with Crippen molar-refractivity contribution in [3.05, 3.63) is 11.8 Å². The summed E-state index contributed by atoms with van der Waals surface area (Å²) in [5.74, 6) is 0. The Labute approximate surface area is 36.1 Å². The van der Waals surface area contributed by atoms with E-state index in [0.29, 0.717) is 6.29 Å². The third-order valence-electron chi connectivity index (χ3n) is 0.353. The van der Waals surface area contributed by atoms with Gasteiger partial charge in [-0.15, -0.1) is 5.57 Å². The van der Waals surface area contributed by atoms with Gasteiger partial charge in [-0.2, -0.15) is 0 Å². The first-order chi connectivity index (χ1) is 2.81. The summed E-state index contributed by atoms with van der Waals surface area (Å²) in [6.45, 7) is 1.47. The zero-order valence-corrected chi connectivity index (χ0v) is 3.43. The Morgan fingerprint density at radius 3 is 2.50 bits per heavy atom. The van der Waals surface area contributed by atoms with E-state index in [2.05, 4.69) is 0 Å². The molecule has 0 aromatic rings. The molecule has 0 aromatic carbocycles. The largest absolute Gasteiger partial charge is 0.607 e. The zero-order valence-electron chi connectivity index (χ0n) is 3.43. The van der Waals surface area contributed by atoms with Gasteiger partial charge in [-0.25, -0.2) is 0 Å². The Bertz CT molecular complexity index is 73.6. The van der Waals surface area contributed by atoms with Crippen LogP contribution >= 0.6 is 0 Å². The highest BCUT2D eigenvalue weighted by molar-refractivity contribution is 5.70. The Morgan fingerprint density at radius 2 is 2.50 bits per heavy atom. The third-order valence-corrected chi connectivity index (χ3v) is 0.353. The van der Waals surface area contributed by atoms with E-state index in [9.17, 15) is 4.79 Å². The number of carbonyl (C=O) groups is 1. The van der Waals surface area contributed by atoms with Crippen molar-refractivity contribution in [2.45, 2.75) is 6.92 Å². The van der Waals surface area contributed by atoms with Crippen molar-refractivity contribution in [3.8, 4) is 0 Å². The minimum Gasteiger partial charge on any atom is -0.607 e. The van der Waals surface area contributed by atoms with Gasteiger partial charge in [-0.05, 0) is 6.29 Å². The normalized spacial score (nSPS) is 11.2. The number of aliphatic hydroxyl groups excluding tert-OH is 1. The fraction of sp³-hybridized carbons (Fsp3) is 0.250. The van der Waals surface area contributed by atoms with E-state index in [1.165, 1.54) is 6.92 Å². The summed E-state index contributed by atoms with van der Waals surface area (Å²) in [5, 5.41) is 7.82. The molecule has 0 aliphatic heterocycles. The lowest BCUT2D eigenvalue weighted by atomic mass is 10.4. The van der Waals surface area contributed by atoms with Crippen LogP contribution in [0.1, 0.15) is 6.92 Å². The maximum Gasteiger partial charge on any atom is -0.00662 e. The van der Waals surface area contributed by atoms with Crippen molar-refractivity contribution >= 4 is 6.29 Å².